The Morgan fingerprint density at radius 2 is 2.45 bits per heavy atom. The van der Waals surface area contributed by atoms with E-state index >= 15 is 0 Å². The van der Waals surface area contributed by atoms with Crippen molar-refractivity contribution in [3.63, 3.8) is 0 Å². The second-order valence-electron chi connectivity index (χ2n) is 3.73. The predicted octanol–water partition coefficient (Wildman–Crippen LogP) is 2.30. The molecule has 1 heterocycles. The highest BCUT2D eigenvalue weighted by Gasteiger charge is 2.29. The molecule has 1 saturated heterocycles. The minimum absolute atomic E-state index is 0.897. The van der Waals surface area contributed by atoms with Crippen molar-refractivity contribution < 1.29 is 0 Å². The summed E-state index contributed by atoms with van der Waals surface area (Å²) in [6, 6.07) is 0. The predicted molar refractivity (Wildman–Crippen MR) is 47.2 cm³/mol. The number of hydrogen-bond acceptors (Lipinski definition) is 1. The molecule has 0 amide bonds. The molecule has 0 aromatic rings. The highest BCUT2D eigenvalue weighted by molar-refractivity contribution is 5.13. The van der Waals surface area contributed by atoms with Crippen LogP contribution in [0.5, 0.6) is 0 Å². The fourth-order valence-electron chi connectivity index (χ4n) is 2.51. The lowest BCUT2D eigenvalue weighted by molar-refractivity contribution is 0.337. The van der Waals surface area contributed by atoms with Crippen molar-refractivity contribution in [2.45, 2.75) is 32.6 Å². The van der Waals surface area contributed by atoms with Gasteiger partial charge in [0.2, 0.25) is 0 Å². The van der Waals surface area contributed by atoms with Gasteiger partial charge in [-0.3, -0.25) is 0 Å². The van der Waals surface area contributed by atoms with Gasteiger partial charge in [0.05, 0.1) is 0 Å². The molecule has 0 spiro atoms. The molecule has 1 aliphatic heterocycles. The van der Waals surface area contributed by atoms with E-state index in [4.69, 9.17) is 0 Å². The monoisotopic (exact) mass is 151 g/mol. The van der Waals surface area contributed by atoms with E-state index in [1.165, 1.54) is 32.2 Å². The minimum atomic E-state index is 0.897. The lowest BCUT2D eigenvalue weighted by Crippen LogP contribution is -2.19. The second-order valence-corrected chi connectivity index (χ2v) is 3.73. The Morgan fingerprint density at radius 1 is 1.55 bits per heavy atom. The number of allylic oxidation sites excluding steroid dienone is 2. The Bertz CT molecular complexity index is 172. The van der Waals surface area contributed by atoms with E-state index < -0.39 is 0 Å². The Balaban J connectivity index is 2.12. The summed E-state index contributed by atoms with van der Waals surface area (Å²) in [5.41, 5.74) is 1.56. The van der Waals surface area contributed by atoms with Crippen molar-refractivity contribution in [1.82, 2.24) is 5.32 Å². The van der Waals surface area contributed by atoms with E-state index in [1.54, 1.807) is 5.70 Å². The third-order valence-corrected chi connectivity index (χ3v) is 3.18. The van der Waals surface area contributed by atoms with E-state index in [-0.39, 0.29) is 0 Å². The van der Waals surface area contributed by atoms with Gasteiger partial charge in [-0.2, -0.15) is 0 Å². The zero-order valence-electron chi connectivity index (χ0n) is 7.27. The summed E-state index contributed by atoms with van der Waals surface area (Å²) in [5, 5.41) is 3.48. The van der Waals surface area contributed by atoms with Gasteiger partial charge in [-0.25, -0.2) is 0 Å². The first-order valence-corrected chi connectivity index (χ1v) is 4.85. The van der Waals surface area contributed by atoms with Crippen LogP contribution >= 0.6 is 0 Å². The quantitative estimate of drug-likeness (QED) is 0.606. The molecule has 62 valence electrons. The zero-order chi connectivity index (χ0) is 7.68. The third-order valence-electron chi connectivity index (χ3n) is 3.18. The van der Waals surface area contributed by atoms with Crippen molar-refractivity contribution in [1.29, 1.82) is 0 Å². The maximum Gasteiger partial charge on any atom is 0.0150 e. The van der Waals surface area contributed by atoms with Crippen LogP contribution < -0.4 is 5.32 Å². The van der Waals surface area contributed by atoms with Crippen LogP contribution in [-0.4, -0.2) is 6.54 Å². The Hall–Kier alpha value is -0.460. The number of rotatable bonds is 1. The number of nitrogens with one attached hydrogen (secondary N) is 1. The molecule has 1 nitrogen and oxygen atoms in total. The first-order valence-electron chi connectivity index (χ1n) is 4.85. The van der Waals surface area contributed by atoms with Gasteiger partial charge in [0, 0.05) is 18.2 Å². The van der Waals surface area contributed by atoms with Gasteiger partial charge in [-0.05, 0) is 25.2 Å². The van der Waals surface area contributed by atoms with E-state index in [0.717, 1.165) is 11.8 Å². The van der Waals surface area contributed by atoms with Crippen molar-refractivity contribution >= 4 is 0 Å². The van der Waals surface area contributed by atoms with Crippen molar-refractivity contribution in [2.75, 3.05) is 6.54 Å². The Kier molecular flexibility index (Phi) is 1.89. The summed E-state index contributed by atoms with van der Waals surface area (Å²) in [6.45, 7) is 3.54. The van der Waals surface area contributed by atoms with E-state index in [1.807, 2.05) is 0 Å². The number of hydrogen-bond donors (Lipinski definition) is 1. The fraction of sp³-hybridized carbons (Fsp3) is 0.800. The molecule has 1 aliphatic carbocycles. The molecular weight excluding hydrogens is 134 g/mol. The molecule has 2 aliphatic rings. The minimum Gasteiger partial charge on any atom is -0.388 e. The van der Waals surface area contributed by atoms with Crippen LogP contribution in [0.15, 0.2) is 11.8 Å². The summed E-state index contributed by atoms with van der Waals surface area (Å²) >= 11 is 0. The Labute approximate surface area is 68.9 Å². The van der Waals surface area contributed by atoms with Gasteiger partial charge < -0.3 is 5.32 Å². The van der Waals surface area contributed by atoms with Crippen LogP contribution in [0.2, 0.25) is 0 Å². The van der Waals surface area contributed by atoms with Crippen LogP contribution in [0, 0.1) is 11.8 Å². The Morgan fingerprint density at radius 3 is 3.27 bits per heavy atom. The second kappa shape index (κ2) is 2.88. The maximum absolute atomic E-state index is 3.48. The van der Waals surface area contributed by atoms with Gasteiger partial charge in [-0.1, -0.05) is 19.4 Å². The fourth-order valence-corrected chi connectivity index (χ4v) is 2.51. The summed E-state index contributed by atoms with van der Waals surface area (Å²) < 4.78 is 0. The van der Waals surface area contributed by atoms with Gasteiger partial charge >= 0.3 is 0 Å². The standard InChI is InChI=1S/C10H17N/c1-2-8-4-3-5-10-9(8)6-7-11-10/h5,8-9,11H,2-4,6-7H2,1H3. The molecule has 2 unspecified atom stereocenters. The summed E-state index contributed by atoms with van der Waals surface area (Å²) in [4.78, 5) is 0. The molecule has 1 N–H and O–H groups in total. The van der Waals surface area contributed by atoms with E-state index in [2.05, 4.69) is 18.3 Å². The molecule has 0 radical (unpaired) electrons. The van der Waals surface area contributed by atoms with Crippen LogP contribution in [0.1, 0.15) is 32.6 Å². The first-order chi connectivity index (χ1) is 5.42. The molecule has 1 fully saturated rings. The largest absolute Gasteiger partial charge is 0.388 e. The van der Waals surface area contributed by atoms with E-state index in [9.17, 15) is 0 Å². The summed E-state index contributed by atoms with van der Waals surface area (Å²) in [5.74, 6) is 1.87. The molecule has 0 aromatic carbocycles. The van der Waals surface area contributed by atoms with Crippen LogP contribution in [-0.2, 0) is 0 Å². The molecule has 2 rings (SSSR count). The average molecular weight is 151 g/mol. The lowest BCUT2D eigenvalue weighted by Gasteiger charge is -2.26. The molecule has 11 heavy (non-hydrogen) atoms. The smallest absolute Gasteiger partial charge is 0.0150 e. The number of fused-ring (bicyclic) bond motifs is 1. The van der Waals surface area contributed by atoms with Gasteiger partial charge in [-0.15, -0.1) is 0 Å². The highest BCUT2D eigenvalue weighted by Crippen LogP contribution is 2.36. The molecule has 0 aromatic heterocycles. The zero-order valence-corrected chi connectivity index (χ0v) is 7.27. The SMILES string of the molecule is CCC1CCC=C2NCCC21. The normalized spacial score (nSPS) is 35.9. The van der Waals surface area contributed by atoms with Gasteiger partial charge in [0.25, 0.3) is 0 Å². The molecule has 0 bridgehead atoms. The highest BCUT2D eigenvalue weighted by atomic mass is 14.9. The summed E-state index contributed by atoms with van der Waals surface area (Å²) in [6.07, 6.45) is 7.88. The summed E-state index contributed by atoms with van der Waals surface area (Å²) in [7, 11) is 0. The van der Waals surface area contributed by atoms with Gasteiger partial charge in [0.1, 0.15) is 0 Å². The van der Waals surface area contributed by atoms with Crippen LogP contribution in [0.25, 0.3) is 0 Å². The van der Waals surface area contributed by atoms with Crippen LogP contribution in [0.3, 0.4) is 0 Å². The molecular formula is C10H17N. The third kappa shape index (κ3) is 1.17. The van der Waals surface area contributed by atoms with Gasteiger partial charge in [0.15, 0.2) is 0 Å². The van der Waals surface area contributed by atoms with Crippen molar-refractivity contribution in [2.24, 2.45) is 11.8 Å². The van der Waals surface area contributed by atoms with E-state index in [0.29, 0.717) is 0 Å². The topological polar surface area (TPSA) is 12.0 Å². The van der Waals surface area contributed by atoms with Crippen molar-refractivity contribution in [3.05, 3.63) is 11.8 Å². The lowest BCUT2D eigenvalue weighted by atomic mass is 9.80. The maximum atomic E-state index is 3.48. The molecule has 0 saturated carbocycles. The van der Waals surface area contributed by atoms with Crippen LogP contribution in [0.4, 0.5) is 0 Å². The molecule has 2 atom stereocenters. The van der Waals surface area contributed by atoms with Crippen molar-refractivity contribution in [3.8, 4) is 0 Å². The average Bonchev–Trinajstić information content (AvgIpc) is 2.50. The molecule has 1 heteroatoms. The first kappa shape index (κ1) is 7.20.